The molecular weight excluding hydrogens is 248 g/mol. The van der Waals surface area contributed by atoms with Crippen molar-refractivity contribution < 1.29 is 0 Å². The van der Waals surface area contributed by atoms with Gasteiger partial charge in [0.05, 0.1) is 9.98 Å². The predicted octanol–water partition coefficient (Wildman–Crippen LogP) is 2.68. The third-order valence-electron chi connectivity index (χ3n) is 2.88. The number of aromatic nitrogens is 1. The Labute approximate surface area is 90.7 Å². The fourth-order valence-corrected chi connectivity index (χ4v) is 3.52. The Hall–Kier alpha value is 0.0700. The van der Waals surface area contributed by atoms with E-state index in [0.29, 0.717) is 0 Å². The van der Waals surface area contributed by atoms with Gasteiger partial charge in [-0.25, -0.2) is 4.98 Å². The van der Waals surface area contributed by atoms with Gasteiger partial charge in [0.25, 0.3) is 0 Å². The molecule has 2 nitrogen and oxygen atoms in total. The number of hydrogen-bond acceptors (Lipinski definition) is 3. The first-order valence-corrected chi connectivity index (χ1v) is 6.20. The Kier molecular flexibility index (Phi) is 2.72. The van der Waals surface area contributed by atoms with E-state index in [2.05, 4.69) is 20.9 Å². The van der Waals surface area contributed by atoms with E-state index in [-0.39, 0.29) is 5.41 Å². The molecule has 2 N–H and O–H groups in total. The summed E-state index contributed by atoms with van der Waals surface area (Å²) >= 11 is 5.18. The van der Waals surface area contributed by atoms with Crippen LogP contribution in [0.5, 0.6) is 0 Å². The second kappa shape index (κ2) is 3.67. The molecule has 1 aromatic rings. The molecule has 0 radical (unpaired) electrons. The minimum Gasteiger partial charge on any atom is -0.329 e. The summed E-state index contributed by atoms with van der Waals surface area (Å²) in [5.74, 6) is 0. The fraction of sp³-hybridized carbons (Fsp3) is 0.667. The lowest BCUT2D eigenvalue weighted by atomic mass is 9.87. The largest absolute Gasteiger partial charge is 0.329 e. The maximum absolute atomic E-state index is 5.86. The predicted molar refractivity (Wildman–Crippen MR) is 59.0 cm³/mol. The maximum atomic E-state index is 5.86. The highest BCUT2D eigenvalue weighted by Gasteiger charge is 2.36. The standard InChI is InChI=1S/C9H13BrN2S/c10-7-5-12-8(13-7)9(6-11)3-1-2-4-9/h5H,1-4,6,11H2. The molecule has 0 unspecified atom stereocenters. The van der Waals surface area contributed by atoms with Crippen molar-refractivity contribution in [2.24, 2.45) is 5.73 Å². The first-order chi connectivity index (χ1) is 6.27. The zero-order valence-electron chi connectivity index (χ0n) is 7.42. The van der Waals surface area contributed by atoms with Crippen molar-refractivity contribution in [3.63, 3.8) is 0 Å². The highest BCUT2D eigenvalue weighted by molar-refractivity contribution is 9.11. The molecule has 0 aliphatic heterocycles. The van der Waals surface area contributed by atoms with Gasteiger partial charge in [-0.05, 0) is 28.8 Å². The molecule has 1 aliphatic carbocycles. The molecule has 1 aliphatic rings. The molecule has 0 bridgehead atoms. The van der Waals surface area contributed by atoms with Crippen molar-refractivity contribution in [3.05, 3.63) is 15.0 Å². The molecule has 13 heavy (non-hydrogen) atoms. The van der Waals surface area contributed by atoms with E-state index in [4.69, 9.17) is 5.73 Å². The molecular formula is C9H13BrN2S. The van der Waals surface area contributed by atoms with Crippen molar-refractivity contribution in [2.75, 3.05) is 6.54 Å². The summed E-state index contributed by atoms with van der Waals surface area (Å²) < 4.78 is 1.11. The third-order valence-corrected chi connectivity index (χ3v) is 4.61. The van der Waals surface area contributed by atoms with Gasteiger partial charge in [0, 0.05) is 12.0 Å². The molecule has 0 spiro atoms. The first-order valence-electron chi connectivity index (χ1n) is 4.59. The zero-order chi connectivity index (χ0) is 9.31. The van der Waals surface area contributed by atoms with Crippen LogP contribution >= 0.6 is 27.3 Å². The molecule has 0 amide bonds. The number of rotatable bonds is 2. The minimum absolute atomic E-state index is 0.205. The highest BCUT2D eigenvalue weighted by atomic mass is 79.9. The van der Waals surface area contributed by atoms with Crippen LogP contribution in [0.1, 0.15) is 30.7 Å². The van der Waals surface area contributed by atoms with E-state index in [1.165, 1.54) is 30.7 Å². The summed E-state index contributed by atoms with van der Waals surface area (Å²) in [6.07, 6.45) is 6.91. The van der Waals surface area contributed by atoms with E-state index >= 15 is 0 Å². The average molecular weight is 261 g/mol. The molecule has 1 saturated carbocycles. The summed E-state index contributed by atoms with van der Waals surface area (Å²) in [4.78, 5) is 4.43. The maximum Gasteiger partial charge on any atom is 0.101 e. The molecule has 1 aromatic heterocycles. The Morgan fingerprint density at radius 1 is 1.54 bits per heavy atom. The van der Waals surface area contributed by atoms with Crippen LogP contribution in [0.15, 0.2) is 9.98 Å². The average Bonchev–Trinajstić information content (AvgIpc) is 2.73. The quantitative estimate of drug-likeness (QED) is 0.888. The zero-order valence-corrected chi connectivity index (χ0v) is 9.83. The van der Waals surface area contributed by atoms with Crippen LogP contribution in [0, 0.1) is 0 Å². The third kappa shape index (κ3) is 1.67. The van der Waals surface area contributed by atoms with Gasteiger partial charge in [-0.1, -0.05) is 12.8 Å². The van der Waals surface area contributed by atoms with Crippen molar-refractivity contribution in [3.8, 4) is 0 Å². The Balaban J connectivity index is 2.30. The van der Waals surface area contributed by atoms with E-state index in [0.717, 1.165) is 10.3 Å². The van der Waals surface area contributed by atoms with Crippen LogP contribution in [0.4, 0.5) is 0 Å². The Morgan fingerprint density at radius 2 is 2.23 bits per heavy atom. The van der Waals surface area contributed by atoms with Gasteiger partial charge in [-0.15, -0.1) is 11.3 Å². The topological polar surface area (TPSA) is 38.9 Å². The van der Waals surface area contributed by atoms with Gasteiger partial charge in [0.1, 0.15) is 5.01 Å². The van der Waals surface area contributed by atoms with Gasteiger partial charge in [0.15, 0.2) is 0 Å². The SMILES string of the molecule is NCC1(c2ncc(Br)s2)CCCC1. The summed E-state index contributed by atoms with van der Waals surface area (Å²) in [6.45, 7) is 0.743. The summed E-state index contributed by atoms with van der Waals surface area (Å²) in [5.41, 5.74) is 6.07. The molecule has 1 heterocycles. The second-order valence-electron chi connectivity index (χ2n) is 3.66. The molecule has 72 valence electrons. The van der Waals surface area contributed by atoms with Crippen LogP contribution in [0.2, 0.25) is 0 Å². The van der Waals surface area contributed by atoms with Crippen LogP contribution in [0.3, 0.4) is 0 Å². The van der Waals surface area contributed by atoms with E-state index in [1.54, 1.807) is 11.3 Å². The minimum atomic E-state index is 0.205. The van der Waals surface area contributed by atoms with Crippen LogP contribution in [-0.2, 0) is 5.41 Å². The number of halogens is 1. The Bertz CT molecular complexity index is 292. The number of hydrogen-bond donors (Lipinski definition) is 1. The lowest BCUT2D eigenvalue weighted by molar-refractivity contribution is 0.450. The van der Waals surface area contributed by atoms with Gasteiger partial charge in [-0.2, -0.15) is 0 Å². The molecule has 2 rings (SSSR count). The van der Waals surface area contributed by atoms with E-state index < -0.39 is 0 Å². The fourth-order valence-electron chi connectivity index (χ4n) is 2.06. The van der Waals surface area contributed by atoms with E-state index in [9.17, 15) is 0 Å². The van der Waals surface area contributed by atoms with Crippen molar-refractivity contribution >= 4 is 27.3 Å². The van der Waals surface area contributed by atoms with Crippen molar-refractivity contribution in [1.82, 2.24) is 4.98 Å². The lowest BCUT2D eigenvalue weighted by Gasteiger charge is -2.23. The number of nitrogens with two attached hydrogens (primary N) is 1. The summed E-state index contributed by atoms with van der Waals surface area (Å²) in [7, 11) is 0. The van der Waals surface area contributed by atoms with Crippen molar-refractivity contribution in [2.45, 2.75) is 31.1 Å². The molecule has 0 aromatic carbocycles. The van der Waals surface area contributed by atoms with Gasteiger partial charge in [0.2, 0.25) is 0 Å². The number of nitrogens with zero attached hydrogens (tertiary/aromatic N) is 1. The van der Waals surface area contributed by atoms with Crippen LogP contribution in [0.25, 0.3) is 0 Å². The van der Waals surface area contributed by atoms with Gasteiger partial charge >= 0.3 is 0 Å². The molecule has 1 fully saturated rings. The first kappa shape index (κ1) is 9.62. The normalized spacial score (nSPS) is 20.8. The van der Waals surface area contributed by atoms with Crippen molar-refractivity contribution in [1.29, 1.82) is 0 Å². The smallest absolute Gasteiger partial charge is 0.101 e. The van der Waals surface area contributed by atoms with Gasteiger partial charge < -0.3 is 5.73 Å². The monoisotopic (exact) mass is 260 g/mol. The summed E-state index contributed by atoms with van der Waals surface area (Å²) in [6, 6.07) is 0. The molecule has 0 saturated heterocycles. The van der Waals surface area contributed by atoms with Crippen LogP contribution in [-0.4, -0.2) is 11.5 Å². The highest BCUT2D eigenvalue weighted by Crippen LogP contribution is 2.42. The number of thiazole rings is 1. The molecule has 4 heteroatoms. The van der Waals surface area contributed by atoms with E-state index in [1.807, 2.05) is 6.20 Å². The summed E-state index contributed by atoms with van der Waals surface area (Å²) in [5, 5.41) is 1.22. The molecule has 0 atom stereocenters. The Morgan fingerprint density at radius 3 is 2.69 bits per heavy atom. The lowest BCUT2D eigenvalue weighted by Crippen LogP contribution is -2.31. The van der Waals surface area contributed by atoms with Gasteiger partial charge in [-0.3, -0.25) is 0 Å². The second-order valence-corrected chi connectivity index (χ2v) is 6.07. The van der Waals surface area contributed by atoms with Crippen LogP contribution < -0.4 is 5.73 Å².